The molecule has 0 spiro atoms. The molecule has 5 heteroatoms. The number of carbonyl (C=O) groups is 1. The maximum Gasteiger partial charge on any atom is 0.305 e. The Hall–Kier alpha value is -0.420. The summed E-state index contributed by atoms with van der Waals surface area (Å²) in [4.78, 5) is 10.7. The van der Waals surface area contributed by atoms with Gasteiger partial charge in [-0.05, 0) is 25.9 Å². The summed E-state index contributed by atoms with van der Waals surface area (Å²) in [5.74, 6) is 0.575. The van der Waals surface area contributed by atoms with E-state index >= 15 is 0 Å². The maximum absolute atomic E-state index is 10.7. The molecule has 0 aromatic rings. The van der Waals surface area contributed by atoms with Gasteiger partial charge in [-0.15, -0.1) is 0 Å². The zero-order chi connectivity index (χ0) is 10.8. The van der Waals surface area contributed by atoms with Crippen molar-refractivity contribution in [2.24, 2.45) is 0 Å². The van der Waals surface area contributed by atoms with Gasteiger partial charge in [0.1, 0.15) is 0 Å². The molecule has 1 N–H and O–H groups in total. The number of hydrogen-bond donors (Lipinski definition) is 1. The predicted molar refractivity (Wildman–Crippen MR) is 57.7 cm³/mol. The summed E-state index contributed by atoms with van der Waals surface area (Å²) in [6.45, 7) is 1.67. The van der Waals surface area contributed by atoms with Crippen LogP contribution in [0.15, 0.2) is 0 Å². The smallest absolute Gasteiger partial charge is 0.305 e. The number of carbonyl (C=O) groups excluding carboxylic acids is 1. The topological polar surface area (TPSA) is 55.4 Å². The lowest BCUT2D eigenvalue weighted by atomic mass is 10.3. The Bertz CT molecular complexity index is 185. The fraction of sp³-hybridized carbons (Fsp3) is 0.889. The largest absolute Gasteiger partial charge is 0.469 e. The van der Waals surface area contributed by atoms with Gasteiger partial charge in [-0.25, -0.2) is 0 Å². The summed E-state index contributed by atoms with van der Waals surface area (Å²) in [5.41, 5.74) is 0. The second kappa shape index (κ2) is 9.15. The number of methoxy groups -OCH3 is 1. The van der Waals surface area contributed by atoms with Crippen LogP contribution in [0.4, 0.5) is 0 Å². The number of hydrogen-bond acceptors (Lipinski definition) is 4. The molecule has 0 saturated heterocycles. The van der Waals surface area contributed by atoms with Crippen LogP contribution in [0.5, 0.6) is 0 Å². The molecule has 0 saturated carbocycles. The summed E-state index contributed by atoms with van der Waals surface area (Å²) in [6.07, 6.45) is 3.88. The first-order chi connectivity index (χ1) is 6.66. The summed E-state index contributed by atoms with van der Waals surface area (Å²) in [7, 11) is 0.700. The van der Waals surface area contributed by atoms with Crippen LogP contribution in [0, 0.1) is 0 Å². The lowest BCUT2D eigenvalue weighted by Crippen LogP contribution is -2.19. The molecule has 0 fully saturated rings. The summed E-state index contributed by atoms with van der Waals surface area (Å²) in [5, 5.41) is 3.18. The molecule has 14 heavy (non-hydrogen) atoms. The van der Waals surface area contributed by atoms with E-state index in [-0.39, 0.29) is 5.97 Å². The second-order valence-electron chi connectivity index (χ2n) is 3.06. The minimum Gasteiger partial charge on any atom is -0.469 e. The first kappa shape index (κ1) is 13.6. The van der Waals surface area contributed by atoms with Crippen molar-refractivity contribution in [2.45, 2.75) is 19.3 Å². The van der Waals surface area contributed by atoms with Gasteiger partial charge in [-0.2, -0.15) is 0 Å². The maximum atomic E-state index is 10.7. The highest BCUT2D eigenvalue weighted by Crippen LogP contribution is 1.89. The van der Waals surface area contributed by atoms with Crippen LogP contribution in [-0.4, -0.2) is 42.4 Å². The van der Waals surface area contributed by atoms with E-state index in [2.05, 4.69) is 10.1 Å². The molecule has 0 aromatic carbocycles. The van der Waals surface area contributed by atoms with E-state index in [4.69, 9.17) is 0 Å². The SMILES string of the molecule is COC(=O)CCCNCCCS(C)=O. The minimum atomic E-state index is -0.696. The second-order valence-corrected chi connectivity index (χ2v) is 4.62. The zero-order valence-electron chi connectivity index (χ0n) is 8.88. The molecular formula is C9H19NO3S. The average molecular weight is 221 g/mol. The molecule has 0 amide bonds. The van der Waals surface area contributed by atoms with Crippen molar-refractivity contribution in [2.75, 3.05) is 32.2 Å². The summed E-state index contributed by atoms with van der Waals surface area (Å²) >= 11 is 0. The average Bonchev–Trinajstić information content (AvgIpc) is 2.15. The third-order valence-electron chi connectivity index (χ3n) is 1.75. The van der Waals surface area contributed by atoms with Gasteiger partial charge >= 0.3 is 5.97 Å². The number of esters is 1. The van der Waals surface area contributed by atoms with Crippen LogP contribution >= 0.6 is 0 Å². The minimum absolute atomic E-state index is 0.165. The Balaban J connectivity index is 3.06. The van der Waals surface area contributed by atoms with Crippen molar-refractivity contribution in [3.63, 3.8) is 0 Å². The highest BCUT2D eigenvalue weighted by atomic mass is 32.2. The molecule has 0 aromatic heterocycles. The van der Waals surface area contributed by atoms with Gasteiger partial charge in [-0.3, -0.25) is 9.00 Å². The molecule has 0 aliphatic carbocycles. The van der Waals surface area contributed by atoms with Crippen LogP contribution in [0.3, 0.4) is 0 Å². The highest BCUT2D eigenvalue weighted by molar-refractivity contribution is 7.84. The van der Waals surface area contributed by atoms with Crippen LogP contribution in [0.1, 0.15) is 19.3 Å². The van der Waals surface area contributed by atoms with Gasteiger partial charge in [0.05, 0.1) is 7.11 Å². The Labute approximate surface area is 87.9 Å². The zero-order valence-corrected chi connectivity index (χ0v) is 9.69. The van der Waals surface area contributed by atoms with Gasteiger partial charge < -0.3 is 10.1 Å². The molecular weight excluding hydrogens is 202 g/mol. The Morgan fingerprint density at radius 3 is 2.57 bits per heavy atom. The molecule has 4 nitrogen and oxygen atoms in total. The predicted octanol–water partition coefficient (Wildman–Crippen LogP) is 0.298. The van der Waals surface area contributed by atoms with Gasteiger partial charge in [0, 0.05) is 29.2 Å². The van der Waals surface area contributed by atoms with Crippen LogP contribution in [0.25, 0.3) is 0 Å². The van der Waals surface area contributed by atoms with E-state index in [1.807, 2.05) is 0 Å². The number of nitrogens with one attached hydrogen (secondary N) is 1. The van der Waals surface area contributed by atoms with E-state index in [9.17, 15) is 9.00 Å². The van der Waals surface area contributed by atoms with Gasteiger partial charge in [0.25, 0.3) is 0 Å². The Morgan fingerprint density at radius 1 is 1.36 bits per heavy atom. The molecule has 0 rings (SSSR count). The van der Waals surface area contributed by atoms with Crippen LogP contribution in [0.2, 0.25) is 0 Å². The van der Waals surface area contributed by atoms with Crippen molar-refractivity contribution < 1.29 is 13.7 Å². The van der Waals surface area contributed by atoms with Crippen molar-refractivity contribution in [1.29, 1.82) is 0 Å². The van der Waals surface area contributed by atoms with Crippen LogP contribution in [-0.2, 0) is 20.3 Å². The van der Waals surface area contributed by atoms with Crippen molar-refractivity contribution in [1.82, 2.24) is 5.32 Å². The Morgan fingerprint density at radius 2 is 2.00 bits per heavy atom. The molecule has 0 radical (unpaired) electrons. The van der Waals surface area contributed by atoms with E-state index in [0.29, 0.717) is 6.42 Å². The number of ether oxygens (including phenoxy) is 1. The molecule has 1 atom stereocenters. The van der Waals surface area contributed by atoms with Crippen LogP contribution < -0.4 is 5.32 Å². The van der Waals surface area contributed by atoms with Gasteiger partial charge in [-0.1, -0.05) is 0 Å². The van der Waals surface area contributed by atoms with Crippen molar-refractivity contribution >= 4 is 16.8 Å². The van der Waals surface area contributed by atoms with E-state index in [0.717, 1.165) is 31.7 Å². The Kier molecular flexibility index (Phi) is 8.87. The number of rotatable bonds is 8. The van der Waals surface area contributed by atoms with Gasteiger partial charge in [0.2, 0.25) is 0 Å². The van der Waals surface area contributed by atoms with E-state index in [1.54, 1.807) is 6.26 Å². The lowest BCUT2D eigenvalue weighted by Gasteiger charge is -2.02. The fourth-order valence-electron chi connectivity index (χ4n) is 0.985. The monoisotopic (exact) mass is 221 g/mol. The fourth-order valence-corrected chi connectivity index (χ4v) is 1.54. The third kappa shape index (κ3) is 9.67. The first-order valence-electron chi connectivity index (χ1n) is 4.74. The normalized spacial score (nSPS) is 12.4. The standard InChI is InChI=1S/C9H19NO3S/c1-13-9(11)5-3-6-10-7-4-8-14(2)12/h10H,3-8H2,1-2H3. The van der Waals surface area contributed by atoms with E-state index < -0.39 is 10.8 Å². The van der Waals surface area contributed by atoms with Crippen molar-refractivity contribution in [3.05, 3.63) is 0 Å². The highest BCUT2D eigenvalue weighted by Gasteiger charge is 1.98. The van der Waals surface area contributed by atoms with Crippen molar-refractivity contribution in [3.8, 4) is 0 Å². The lowest BCUT2D eigenvalue weighted by molar-refractivity contribution is -0.140. The molecule has 0 heterocycles. The quantitative estimate of drug-likeness (QED) is 0.473. The molecule has 0 aliphatic rings. The molecule has 1 unspecified atom stereocenters. The van der Waals surface area contributed by atoms with E-state index in [1.165, 1.54) is 7.11 Å². The first-order valence-corrected chi connectivity index (χ1v) is 6.47. The molecule has 0 aliphatic heterocycles. The van der Waals surface area contributed by atoms with Gasteiger partial charge in [0.15, 0.2) is 0 Å². The molecule has 84 valence electrons. The summed E-state index contributed by atoms with van der Waals surface area (Å²) in [6, 6.07) is 0. The third-order valence-corrected chi connectivity index (χ3v) is 2.61. The summed E-state index contributed by atoms with van der Waals surface area (Å²) < 4.78 is 15.2. The molecule has 0 bridgehead atoms.